The quantitative estimate of drug-likeness (QED) is 0.701. The molecule has 1 N–H and O–H groups in total. The molecule has 0 bridgehead atoms. The number of hydrogen-bond donors (Lipinski definition) is 1. The van der Waals surface area contributed by atoms with Gasteiger partial charge in [-0.2, -0.15) is 0 Å². The van der Waals surface area contributed by atoms with E-state index in [-0.39, 0.29) is 17.5 Å². The van der Waals surface area contributed by atoms with E-state index in [1.165, 1.54) is 17.8 Å². The van der Waals surface area contributed by atoms with Crippen LogP contribution in [0.15, 0.2) is 51.4 Å². The van der Waals surface area contributed by atoms with Gasteiger partial charge in [-0.25, -0.2) is 4.39 Å². The highest BCUT2D eigenvalue weighted by Gasteiger charge is 2.07. The predicted molar refractivity (Wildman–Crippen MR) is 93.0 cm³/mol. The third-order valence-electron chi connectivity index (χ3n) is 2.65. The fraction of sp³-hybridized carbons (Fsp3) is 0.133. The molecule has 110 valence electrons. The summed E-state index contributed by atoms with van der Waals surface area (Å²) in [5.41, 5.74) is 1.33. The molecule has 2 aromatic carbocycles. The number of thioether (sulfide) groups is 1. The summed E-state index contributed by atoms with van der Waals surface area (Å²) in [5.74, 6) is 0.367. The van der Waals surface area contributed by atoms with Crippen molar-refractivity contribution in [3.05, 3.63) is 62.8 Å². The Morgan fingerprint density at radius 3 is 2.67 bits per heavy atom. The Morgan fingerprint density at radius 2 is 1.95 bits per heavy atom. The number of carbonyl (C=O) groups is 1. The molecule has 0 spiro atoms. The van der Waals surface area contributed by atoms with Crippen LogP contribution in [0.5, 0.6) is 0 Å². The Hall–Kier alpha value is -0.850. The molecule has 0 saturated carbocycles. The lowest BCUT2D eigenvalue weighted by Gasteiger charge is -2.07. The molecule has 0 unspecified atom stereocenters. The van der Waals surface area contributed by atoms with Gasteiger partial charge in [0, 0.05) is 14.7 Å². The average molecular weight is 433 g/mol. The lowest BCUT2D eigenvalue weighted by atomic mass is 10.2. The highest BCUT2D eigenvalue weighted by atomic mass is 79.9. The van der Waals surface area contributed by atoms with Crippen LogP contribution in [0.1, 0.15) is 5.56 Å². The standard InChI is InChI=1S/C15H12Br2FNOS/c16-11-6-5-10(13(18)7-11)8-21-9-15(20)19-14-4-2-1-3-12(14)17/h1-7H,8-9H2,(H,19,20). The van der Waals surface area contributed by atoms with Crippen molar-refractivity contribution in [3.8, 4) is 0 Å². The zero-order chi connectivity index (χ0) is 15.2. The van der Waals surface area contributed by atoms with Crippen LogP contribution in [0.4, 0.5) is 10.1 Å². The second-order valence-electron chi connectivity index (χ2n) is 4.26. The van der Waals surface area contributed by atoms with Gasteiger partial charge in [-0.3, -0.25) is 4.79 Å². The van der Waals surface area contributed by atoms with Crippen LogP contribution in [0.25, 0.3) is 0 Å². The first-order valence-corrected chi connectivity index (χ1v) is 8.86. The maximum absolute atomic E-state index is 13.6. The molecule has 0 aromatic heterocycles. The first kappa shape index (κ1) is 16.5. The fourth-order valence-corrected chi connectivity index (χ4v) is 3.17. The second kappa shape index (κ2) is 7.96. The summed E-state index contributed by atoms with van der Waals surface area (Å²) in [7, 11) is 0. The molecule has 0 heterocycles. The maximum Gasteiger partial charge on any atom is 0.234 e. The Labute approximate surface area is 143 Å². The molecule has 0 atom stereocenters. The molecule has 1 amide bonds. The van der Waals surface area contributed by atoms with E-state index in [1.54, 1.807) is 12.1 Å². The van der Waals surface area contributed by atoms with Gasteiger partial charge in [0.05, 0.1) is 11.4 Å². The van der Waals surface area contributed by atoms with E-state index in [4.69, 9.17) is 0 Å². The highest BCUT2D eigenvalue weighted by Crippen LogP contribution is 2.22. The van der Waals surface area contributed by atoms with Gasteiger partial charge < -0.3 is 5.32 Å². The Bertz CT molecular complexity index is 651. The number of carbonyl (C=O) groups excluding carboxylic acids is 1. The Kier molecular flexibility index (Phi) is 6.26. The van der Waals surface area contributed by atoms with Crippen LogP contribution in [0, 0.1) is 5.82 Å². The fourth-order valence-electron chi connectivity index (χ4n) is 1.64. The molecule has 0 aliphatic carbocycles. The summed E-state index contributed by atoms with van der Waals surface area (Å²) in [5, 5.41) is 2.81. The average Bonchev–Trinajstić information content (AvgIpc) is 2.44. The number of anilines is 1. The minimum absolute atomic E-state index is 0.107. The normalized spacial score (nSPS) is 10.4. The van der Waals surface area contributed by atoms with Crippen molar-refractivity contribution >= 4 is 55.2 Å². The topological polar surface area (TPSA) is 29.1 Å². The number of amides is 1. The van der Waals surface area contributed by atoms with Crippen molar-refractivity contribution in [2.45, 2.75) is 5.75 Å². The van der Waals surface area contributed by atoms with E-state index in [9.17, 15) is 9.18 Å². The van der Waals surface area contributed by atoms with Crippen LogP contribution >= 0.6 is 43.6 Å². The lowest BCUT2D eigenvalue weighted by Crippen LogP contribution is -2.14. The third kappa shape index (κ3) is 5.13. The van der Waals surface area contributed by atoms with Gasteiger partial charge in [-0.1, -0.05) is 34.1 Å². The van der Waals surface area contributed by atoms with Gasteiger partial charge >= 0.3 is 0 Å². The Morgan fingerprint density at radius 1 is 1.19 bits per heavy atom. The van der Waals surface area contributed by atoms with Gasteiger partial charge in [-0.05, 0) is 45.8 Å². The Balaban J connectivity index is 1.83. The van der Waals surface area contributed by atoms with Gasteiger partial charge in [0.2, 0.25) is 5.91 Å². The number of para-hydroxylation sites is 1. The summed E-state index contributed by atoms with van der Waals surface area (Å²) in [4.78, 5) is 11.8. The largest absolute Gasteiger partial charge is 0.324 e. The lowest BCUT2D eigenvalue weighted by molar-refractivity contribution is -0.113. The van der Waals surface area contributed by atoms with E-state index in [0.717, 1.165) is 10.2 Å². The van der Waals surface area contributed by atoms with E-state index in [1.807, 2.05) is 24.3 Å². The third-order valence-corrected chi connectivity index (χ3v) is 4.82. The van der Waals surface area contributed by atoms with Gasteiger partial charge in [0.1, 0.15) is 5.82 Å². The van der Waals surface area contributed by atoms with Gasteiger partial charge in [-0.15, -0.1) is 11.8 Å². The van der Waals surface area contributed by atoms with Crippen LogP contribution in [0.2, 0.25) is 0 Å². The first-order chi connectivity index (χ1) is 10.1. The van der Waals surface area contributed by atoms with Crippen molar-refractivity contribution in [2.75, 3.05) is 11.1 Å². The smallest absolute Gasteiger partial charge is 0.234 e. The van der Waals surface area contributed by atoms with Crippen LogP contribution in [-0.2, 0) is 10.5 Å². The molecule has 0 saturated heterocycles. The molecular formula is C15H12Br2FNOS. The minimum Gasteiger partial charge on any atom is -0.324 e. The van der Waals surface area contributed by atoms with Crippen LogP contribution < -0.4 is 5.32 Å². The van der Waals surface area contributed by atoms with E-state index in [2.05, 4.69) is 37.2 Å². The molecule has 6 heteroatoms. The second-order valence-corrected chi connectivity index (χ2v) is 7.01. The molecule has 2 aromatic rings. The highest BCUT2D eigenvalue weighted by molar-refractivity contribution is 9.10. The predicted octanol–water partition coefficient (Wildman–Crippen LogP) is 5.22. The zero-order valence-electron chi connectivity index (χ0n) is 10.9. The molecular weight excluding hydrogens is 421 g/mol. The molecule has 2 rings (SSSR count). The van der Waals surface area contributed by atoms with Gasteiger partial charge in [0.15, 0.2) is 0 Å². The molecule has 21 heavy (non-hydrogen) atoms. The minimum atomic E-state index is -0.261. The maximum atomic E-state index is 13.6. The van der Waals surface area contributed by atoms with Crippen LogP contribution in [-0.4, -0.2) is 11.7 Å². The number of hydrogen-bond acceptors (Lipinski definition) is 2. The van der Waals surface area contributed by atoms with Crippen molar-refractivity contribution in [3.63, 3.8) is 0 Å². The monoisotopic (exact) mass is 431 g/mol. The van der Waals surface area contributed by atoms with Crippen molar-refractivity contribution in [1.29, 1.82) is 0 Å². The molecule has 0 aliphatic heterocycles. The zero-order valence-corrected chi connectivity index (χ0v) is 14.9. The molecule has 0 fully saturated rings. The van der Waals surface area contributed by atoms with E-state index >= 15 is 0 Å². The summed E-state index contributed by atoms with van der Waals surface area (Å²) < 4.78 is 15.2. The molecule has 0 radical (unpaired) electrons. The van der Waals surface area contributed by atoms with Crippen LogP contribution in [0.3, 0.4) is 0 Å². The number of halogens is 3. The number of benzene rings is 2. The summed E-state index contributed by atoms with van der Waals surface area (Å²) in [6.07, 6.45) is 0. The summed E-state index contributed by atoms with van der Waals surface area (Å²) in [6, 6.07) is 12.4. The van der Waals surface area contributed by atoms with Crippen molar-refractivity contribution in [2.24, 2.45) is 0 Å². The van der Waals surface area contributed by atoms with E-state index < -0.39 is 0 Å². The molecule has 0 aliphatic rings. The number of rotatable bonds is 5. The summed E-state index contributed by atoms with van der Waals surface area (Å²) in [6.45, 7) is 0. The number of nitrogens with one attached hydrogen (secondary N) is 1. The first-order valence-electron chi connectivity index (χ1n) is 6.12. The molecule has 2 nitrogen and oxygen atoms in total. The van der Waals surface area contributed by atoms with E-state index in [0.29, 0.717) is 15.8 Å². The van der Waals surface area contributed by atoms with Gasteiger partial charge in [0.25, 0.3) is 0 Å². The SMILES string of the molecule is O=C(CSCc1ccc(Br)cc1F)Nc1ccccc1Br. The summed E-state index contributed by atoms with van der Waals surface area (Å²) >= 11 is 7.96. The van der Waals surface area contributed by atoms with Crippen molar-refractivity contribution in [1.82, 2.24) is 0 Å². The van der Waals surface area contributed by atoms with Crippen molar-refractivity contribution < 1.29 is 9.18 Å².